The summed E-state index contributed by atoms with van der Waals surface area (Å²) in [5.41, 5.74) is 0. The van der Waals surface area contributed by atoms with E-state index in [1.165, 1.54) is 0 Å². The predicted molar refractivity (Wildman–Crippen MR) is 52.0 cm³/mol. The van der Waals surface area contributed by atoms with Crippen LogP contribution in [0.3, 0.4) is 0 Å². The number of quaternary nitrogens is 1. The van der Waals surface area contributed by atoms with E-state index in [4.69, 9.17) is 5.11 Å². The van der Waals surface area contributed by atoms with Crippen molar-refractivity contribution in [1.29, 1.82) is 0 Å². The van der Waals surface area contributed by atoms with E-state index in [0.29, 0.717) is 0 Å². The van der Waals surface area contributed by atoms with Crippen LogP contribution in [0.2, 0.25) is 0 Å². The molecule has 0 aromatic carbocycles. The molecular weight excluding hydrogens is 152 g/mol. The van der Waals surface area contributed by atoms with Gasteiger partial charge >= 0.3 is 0 Å². The fourth-order valence-electron chi connectivity index (χ4n) is 0.968. The molecule has 2 N–H and O–H groups in total. The van der Waals surface area contributed by atoms with E-state index in [-0.39, 0.29) is 6.61 Å². The van der Waals surface area contributed by atoms with Gasteiger partial charge in [0.15, 0.2) is 0 Å². The van der Waals surface area contributed by atoms with Gasteiger partial charge in [-0.1, -0.05) is 6.08 Å². The molecule has 0 aliphatic heterocycles. The fraction of sp³-hybridized carbons (Fsp3) is 0.778. The second kappa shape index (κ2) is 6.17. The summed E-state index contributed by atoms with van der Waals surface area (Å²) in [5, 5.41) is 12.0. The number of aliphatic hydroxyl groups is 1. The van der Waals surface area contributed by atoms with Gasteiger partial charge in [0.25, 0.3) is 0 Å². The number of hydrogen-bond donors (Lipinski definition) is 2. The summed E-state index contributed by atoms with van der Waals surface area (Å²) >= 11 is 0. The van der Waals surface area contributed by atoms with E-state index < -0.39 is 0 Å². The number of likely N-dealkylation sites (N-methyl/N-ethyl adjacent to an activating group) is 1. The Labute approximate surface area is 75.3 Å². The Morgan fingerprint density at radius 1 is 1.42 bits per heavy atom. The lowest BCUT2D eigenvalue weighted by molar-refractivity contribution is -0.889. The zero-order valence-corrected chi connectivity index (χ0v) is 8.21. The highest BCUT2D eigenvalue weighted by Gasteiger charge is 2.12. The summed E-state index contributed by atoms with van der Waals surface area (Å²) in [5.74, 6) is 0. The van der Waals surface area contributed by atoms with Crippen LogP contribution in [-0.4, -0.2) is 56.5 Å². The minimum atomic E-state index is 0.258. The molecule has 0 saturated heterocycles. The Morgan fingerprint density at radius 3 is 2.58 bits per heavy atom. The van der Waals surface area contributed by atoms with Gasteiger partial charge in [-0.2, -0.15) is 0 Å². The SMILES string of the molecule is C=CCNCC[N+](C)(C)CCO. The van der Waals surface area contributed by atoms with E-state index >= 15 is 0 Å². The van der Waals surface area contributed by atoms with Crippen LogP contribution in [0.15, 0.2) is 12.7 Å². The standard InChI is InChI=1S/C9H21N2O/c1-4-5-10-6-7-11(2,3)8-9-12/h4,10,12H,1,5-9H2,2-3H3/q+1. The Bertz CT molecular complexity index is 124. The third-order valence-electron chi connectivity index (χ3n) is 1.89. The highest BCUT2D eigenvalue weighted by Crippen LogP contribution is 1.93. The molecule has 0 atom stereocenters. The smallest absolute Gasteiger partial charge is 0.102 e. The van der Waals surface area contributed by atoms with Crippen molar-refractivity contribution in [2.75, 3.05) is 46.9 Å². The quantitative estimate of drug-likeness (QED) is 0.318. The maximum absolute atomic E-state index is 8.75. The molecule has 0 saturated carbocycles. The van der Waals surface area contributed by atoms with Crippen LogP contribution in [0, 0.1) is 0 Å². The van der Waals surface area contributed by atoms with Crippen LogP contribution in [0.5, 0.6) is 0 Å². The van der Waals surface area contributed by atoms with Gasteiger partial charge in [-0.3, -0.25) is 0 Å². The molecule has 12 heavy (non-hydrogen) atoms. The number of nitrogens with one attached hydrogen (secondary N) is 1. The number of aliphatic hydroxyl groups excluding tert-OH is 1. The minimum Gasteiger partial charge on any atom is -0.391 e. The van der Waals surface area contributed by atoms with Crippen molar-refractivity contribution in [1.82, 2.24) is 5.32 Å². The first-order chi connectivity index (χ1) is 5.62. The zero-order valence-electron chi connectivity index (χ0n) is 8.21. The van der Waals surface area contributed by atoms with Gasteiger partial charge in [0.1, 0.15) is 6.54 Å². The molecule has 0 aliphatic rings. The molecular formula is C9H21N2O+. The summed E-state index contributed by atoms with van der Waals surface area (Å²) in [6.07, 6.45) is 1.85. The molecule has 0 bridgehead atoms. The highest BCUT2D eigenvalue weighted by molar-refractivity contribution is 4.68. The van der Waals surface area contributed by atoms with E-state index in [9.17, 15) is 0 Å². The first-order valence-electron chi connectivity index (χ1n) is 4.37. The van der Waals surface area contributed by atoms with Crippen molar-refractivity contribution in [3.8, 4) is 0 Å². The van der Waals surface area contributed by atoms with Crippen LogP contribution in [0.25, 0.3) is 0 Å². The normalized spacial score (nSPS) is 11.6. The molecule has 0 rings (SSSR count). The first-order valence-corrected chi connectivity index (χ1v) is 4.37. The molecule has 0 radical (unpaired) electrons. The van der Waals surface area contributed by atoms with Crippen molar-refractivity contribution < 1.29 is 9.59 Å². The van der Waals surface area contributed by atoms with Gasteiger partial charge in [0, 0.05) is 13.1 Å². The number of rotatable bonds is 7. The van der Waals surface area contributed by atoms with E-state index in [0.717, 1.165) is 30.7 Å². The molecule has 0 spiro atoms. The maximum atomic E-state index is 8.75. The molecule has 3 nitrogen and oxygen atoms in total. The van der Waals surface area contributed by atoms with Gasteiger partial charge in [0.05, 0.1) is 27.2 Å². The highest BCUT2D eigenvalue weighted by atomic mass is 16.3. The van der Waals surface area contributed by atoms with Crippen molar-refractivity contribution in [3.63, 3.8) is 0 Å². The largest absolute Gasteiger partial charge is 0.391 e. The Morgan fingerprint density at radius 2 is 2.08 bits per heavy atom. The Hall–Kier alpha value is -0.380. The summed E-state index contributed by atoms with van der Waals surface area (Å²) in [6, 6.07) is 0. The third-order valence-corrected chi connectivity index (χ3v) is 1.89. The van der Waals surface area contributed by atoms with Gasteiger partial charge in [-0.05, 0) is 0 Å². The van der Waals surface area contributed by atoms with Crippen molar-refractivity contribution in [2.24, 2.45) is 0 Å². The summed E-state index contributed by atoms with van der Waals surface area (Å²) < 4.78 is 0.862. The van der Waals surface area contributed by atoms with Crippen molar-refractivity contribution in [2.45, 2.75) is 0 Å². The van der Waals surface area contributed by atoms with Gasteiger partial charge in [-0.25, -0.2) is 0 Å². The fourth-order valence-corrected chi connectivity index (χ4v) is 0.968. The summed E-state index contributed by atoms with van der Waals surface area (Å²) in [4.78, 5) is 0. The lowest BCUT2D eigenvalue weighted by Crippen LogP contribution is -2.46. The molecule has 0 heterocycles. The first kappa shape index (κ1) is 11.6. The summed E-state index contributed by atoms with van der Waals surface area (Å²) in [6.45, 7) is 7.56. The van der Waals surface area contributed by atoms with Gasteiger partial charge in [0.2, 0.25) is 0 Å². The molecule has 0 aromatic heterocycles. The number of hydrogen-bond acceptors (Lipinski definition) is 2. The second-order valence-corrected chi connectivity index (χ2v) is 3.60. The average molecular weight is 173 g/mol. The van der Waals surface area contributed by atoms with E-state index in [1.807, 2.05) is 6.08 Å². The zero-order chi connectivity index (χ0) is 9.45. The van der Waals surface area contributed by atoms with Crippen LogP contribution in [-0.2, 0) is 0 Å². The van der Waals surface area contributed by atoms with Crippen LogP contribution in [0.4, 0.5) is 0 Å². The lowest BCUT2D eigenvalue weighted by atomic mass is 10.4. The molecule has 0 aromatic rings. The van der Waals surface area contributed by atoms with Crippen LogP contribution in [0.1, 0.15) is 0 Å². The maximum Gasteiger partial charge on any atom is 0.102 e. The van der Waals surface area contributed by atoms with Crippen molar-refractivity contribution in [3.05, 3.63) is 12.7 Å². The van der Waals surface area contributed by atoms with Crippen LogP contribution >= 0.6 is 0 Å². The minimum absolute atomic E-state index is 0.258. The van der Waals surface area contributed by atoms with E-state index in [2.05, 4.69) is 26.0 Å². The lowest BCUT2D eigenvalue weighted by Gasteiger charge is -2.28. The molecule has 0 amide bonds. The topological polar surface area (TPSA) is 32.3 Å². The molecule has 0 fully saturated rings. The average Bonchev–Trinajstić information content (AvgIpc) is 1.98. The Balaban J connectivity index is 3.39. The molecule has 3 heteroatoms. The number of nitrogens with zero attached hydrogens (tertiary/aromatic N) is 1. The van der Waals surface area contributed by atoms with Gasteiger partial charge in [-0.15, -0.1) is 6.58 Å². The monoisotopic (exact) mass is 173 g/mol. The predicted octanol–water partition coefficient (Wildman–Crippen LogP) is -0.169. The molecule has 72 valence electrons. The third kappa shape index (κ3) is 6.34. The molecule has 0 unspecified atom stereocenters. The molecule has 0 aliphatic carbocycles. The second-order valence-electron chi connectivity index (χ2n) is 3.60. The van der Waals surface area contributed by atoms with E-state index in [1.54, 1.807) is 0 Å². The Kier molecular flexibility index (Phi) is 5.98. The van der Waals surface area contributed by atoms with Crippen LogP contribution < -0.4 is 5.32 Å². The summed E-state index contributed by atoms with van der Waals surface area (Å²) in [7, 11) is 4.23. The van der Waals surface area contributed by atoms with Crippen molar-refractivity contribution >= 4 is 0 Å². The van der Waals surface area contributed by atoms with Gasteiger partial charge < -0.3 is 14.9 Å².